The number of rotatable bonds is 16. The average Bonchev–Trinajstić information content (AvgIpc) is 3.79. The van der Waals surface area contributed by atoms with Gasteiger partial charge < -0.3 is 20.2 Å². The molecule has 8 rings (SSSR count). The molecule has 0 radical (unpaired) electrons. The maximum Gasteiger partial charge on any atom is 0.356 e. The number of anilines is 1. The molecule has 1 aromatic heterocycles. The van der Waals surface area contributed by atoms with Crippen molar-refractivity contribution in [1.82, 2.24) is 15.2 Å². The summed E-state index contributed by atoms with van der Waals surface area (Å²) in [6.07, 6.45) is 0.827. The molecule has 0 spiro atoms. The second kappa shape index (κ2) is 19.1. The van der Waals surface area contributed by atoms with Crippen LogP contribution in [0.5, 0.6) is 0 Å². The fourth-order valence-corrected chi connectivity index (χ4v) is 10.6. The van der Waals surface area contributed by atoms with E-state index in [1.165, 1.54) is 34.1 Å². The first kappa shape index (κ1) is 41.7. The van der Waals surface area contributed by atoms with Crippen LogP contribution < -0.4 is 10.6 Å². The highest BCUT2D eigenvalue weighted by Gasteiger charge is 2.55. The van der Waals surface area contributed by atoms with Crippen LogP contribution in [-0.4, -0.2) is 61.6 Å². The van der Waals surface area contributed by atoms with Gasteiger partial charge in [0.15, 0.2) is 16.9 Å². The number of hydrogen-bond acceptors (Lipinski definition) is 10. The number of fused-ring (bicyclic) bond motifs is 1. The summed E-state index contributed by atoms with van der Waals surface area (Å²) in [6, 6.07) is 48.4. The van der Waals surface area contributed by atoms with Gasteiger partial charge in [0.25, 0.3) is 11.8 Å². The predicted molar refractivity (Wildman–Crippen MR) is 249 cm³/mol. The van der Waals surface area contributed by atoms with Gasteiger partial charge in [-0.1, -0.05) is 192 Å². The Morgan fingerprint density at radius 2 is 1.38 bits per heavy atom. The molecule has 5 aromatic carbocycles. The highest BCUT2D eigenvalue weighted by molar-refractivity contribution is 14.1. The molecule has 2 amide bonds. The number of benzene rings is 5. The van der Waals surface area contributed by atoms with Gasteiger partial charge in [0, 0.05) is 15.6 Å². The number of aromatic nitrogens is 1. The van der Waals surface area contributed by atoms with Crippen molar-refractivity contribution >= 4 is 74.3 Å². The van der Waals surface area contributed by atoms with Gasteiger partial charge in [-0.3, -0.25) is 14.5 Å². The van der Waals surface area contributed by atoms with Crippen molar-refractivity contribution in [2.75, 3.05) is 22.1 Å². The van der Waals surface area contributed by atoms with Crippen LogP contribution in [0.4, 0.5) is 5.13 Å². The van der Waals surface area contributed by atoms with Gasteiger partial charge in [0.2, 0.25) is 0 Å². The maximum atomic E-state index is 14.2. The molecule has 3 heterocycles. The third-order valence-electron chi connectivity index (χ3n) is 10.3. The molecular formula is C48H40IN5O5S2. The smallest absolute Gasteiger partial charge is 0.356 e. The maximum absolute atomic E-state index is 14.2. The zero-order valence-electron chi connectivity index (χ0n) is 32.7. The molecular weight excluding hydrogens is 918 g/mol. The minimum atomic E-state index is -0.946. The van der Waals surface area contributed by atoms with Gasteiger partial charge >= 0.3 is 5.97 Å². The number of nitrogens with one attached hydrogen (secondary N) is 2. The Kier molecular flexibility index (Phi) is 13.1. The summed E-state index contributed by atoms with van der Waals surface area (Å²) in [5, 5.41) is 12.5. The lowest BCUT2D eigenvalue weighted by Gasteiger charge is -2.49. The van der Waals surface area contributed by atoms with E-state index in [9.17, 15) is 14.4 Å². The molecule has 13 heteroatoms. The molecule has 10 nitrogen and oxygen atoms in total. The number of carbonyl (C=O) groups excluding carboxylic acids is 3. The zero-order valence-corrected chi connectivity index (χ0v) is 36.5. The molecule has 0 bridgehead atoms. The quantitative estimate of drug-likeness (QED) is 0.0114. The van der Waals surface area contributed by atoms with Gasteiger partial charge in [0.05, 0.1) is 0 Å². The number of esters is 1. The van der Waals surface area contributed by atoms with Gasteiger partial charge in [-0.25, -0.2) is 9.78 Å². The fourth-order valence-electron chi connectivity index (χ4n) is 7.47. The molecule has 1 fully saturated rings. The Bertz CT molecular complexity index is 2420. The summed E-state index contributed by atoms with van der Waals surface area (Å²) in [5.74, 6) is -1.21. The van der Waals surface area contributed by atoms with E-state index >= 15 is 0 Å². The van der Waals surface area contributed by atoms with E-state index in [4.69, 9.17) is 14.6 Å². The van der Waals surface area contributed by atoms with Gasteiger partial charge in [-0.2, -0.15) is 0 Å². The van der Waals surface area contributed by atoms with Crippen molar-refractivity contribution in [3.63, 3.8) is 0 Å². The topological polar surface area (TPSA) is 122 Å². The second-order valence-electron chi connectivity index (χ2n) is 14.1. The number of amides is 2. The lowest BCUT2D eigenvalue weighted by Crippen LogP contribution is -2.71. The van der Waals surface area contributed by atoms with Crippen LogP contribution in [0.15, 0.2) is 186 Å². The molecule has 6 aromatic rings. The first-order valence-electron chi connectivity index (χ1n) is 19.5. The number of β-lactam (4-membered cyclic amide) rings is 1. The van der Waals surface area contributed by atoms with E-state index in [2.05, 4.69) is 81.4 Å². The minimum Gasteiger partial charge on any atom is -0.448 e. The molecule has 0 aliphatic carbocycles. The molecule has 61 heavy (non-hydrogen) atoms. The number of thiazole rings is 1. The first-order valence-corrected chi connectivity index (χ1v) is 22.9. The van der Waals surface area contributed by atoms with Crippen LogP contribution in [-0.2, 0) is 29.5 Å². The van der Waals surface area contributed by atoms with Crippen molar-refractivity contribution in [1.29, 1.82) is 0 Å². The molecule has 2 atom stereocenters. The summed E-state index contributed by atoms with van der Waals surface area (Å²) in [5.41, 5.74) is 4.84. The van der Waals surface area contributed by atoms with E-state index in [1.54, 1.807) is 5.38 Å². The lowest BCUT2D eigenvalue weighted by atomic mass is 9.77. The SMILES string of the molecule is C=CCO/N=C(\C(=O)NC1C(=O)N2C(C(=O)OC(c3ccccc3)c3ccccc3)=C(CI)CS[C@H]12)c1csc(NC(c2ccccc2)(c2ccccc2)c2ccccc2)n1. The zero-order chi connectivity index (χ0) is 42.2. The van der Waals surface area contributed by atoms with E-state index in [1.807, 2.05) is 115 Å². The summed E-state index contributed by atoms with van der Waals surface area (Å²) >= 11 is 4.99. The average molecular weight is 958 g/mol. The minimum absolute atomic E-state index is 0.0437. The molecule has 0 saturated carbocycles. The third-order valence-corrected chi connectivity index (χ3v) is 13.4. The number of hydrogen-bond donors (Lipinski definition) is 2. The highest BCUT2D eigenvalue weighted by atomic mass is 127. The Morgan fingerprint density at radius 3 is 1.89 bits per heavy atom. The van der Waals surface area contributed by atoms with Crippen LogP contribution in [0.2, 0.25) is 0 Å². The van der Waals surface area contributed by atoms with Crippen LogP contribution in [0.3, 0.4) is 0 Å². The monoisotopic (exact) mass is 957 g/mol. The van der Waals surface area contributed by atoms with Crippen LogP contribution in [0, 0.1) is 0 Å². The third kappa shape index (κ3) is 8.63. The Morgan fingerprint density at radius 1 is 0.852 bits per heavy atom. The normalized spacial score (nSPS) is 16.3. The van der Waals surface area contributed by atoms with E-state index in [-0.39, 0.29) is 23.7 Å². The van der Waals surface area contributed by atoms with Crippen molar-refractivity contribution in [3.8, 4) is 0 Å². The van der Waals surface area contributed by atoms with Gasteiger partial charge in [-0.05, 0) is 33.4 Å². The Labute approximate surface area is 375 Å². The molecule has 1 saturated heterocycles. The second-order valence-corrected chi connectivity index (χ2v) is 16.8. The Balaban J connectivity index is 1.05. The molecule has 2 N–H and O–H groups in total. The summed E-state index contributed by atoms with van der Waals surface area (Å²) in [6.45, 7) is 3.75. The molecule has 2 aliphatic rings. The lowest BCUT2D eigenvalue weighted by molar-refractivity contribution is -0.154. The van der Waals surface area contributed by atoms with Crippen molar-refractivity contribution in [2.45, 2.75) is 23.1 Å². The van der Waals surface area contributed by atoms with E-state index < -0.39 is 40.8 Å². The first-order chi connectivity index (χ1) is 29.9. The molecule has 306 valence electrons. The number of carbonyl (C=O) groups is 3. The van der Waals surface area contributed by atoms with Crippen molar-refractivity contribution < 1.29 is 24.0 Å². The number of ether oxygens (including phenoxy) is 1. The number of thioether (sulfide) groups is 1. The van der Waals surface area contributed by atoms with E-state index in [0.29, 0.717) is 15.3 Å². The summed E-state index contributed by atoms with van der Waals surface area (Å²) in [7, 11) is 0. The van der Waals surface area contributed by atoms with Crippen molar-refractivity contribution in [2.24, 2.45) is 5.16 Å². The standard InChI is InChI=1S/C48H40IN5O5S2/c1-2-28-58-53-39(38-31-61-47(50-38)52-48(35-22-12-5-13-23-35,36-24-14-6-15-25-36)37-26-16-7-17-27-37)43(55)51-40-44(56)54-41(34(29-49)30-60-45(40)54)46(57)59-42(32-18-8-3-9-19-32)33-20-10-4-11-21-33/h2-27,31,40,42,45H,1,28-30H2,(H,50,52)(H,51,55)/b53-39-/t40?,45-/m1/s1. The van der Waals surface area contributed by atoms with Crippen LogP contribution >= 0.6 is 45.7 Å². The number of nitrogens with zero attached hydrogens (tertiary/aromatic N) is 3. The van der Waals surface area contributed by atoms with Gasteiger partial charge in [-0.15, -0.1) is 23.1 Å². The predicted octanol–water partition coefficient (Wildman–Crippen LogP) is 8.88. The van der Waals surface area contributed by atoms with E-state index in [0.717, 1.165) is 33.4 Å². The Hall–Kier alpha value is -6.03. The van der Waals surface area contributed by atoms with Crippen LogP contribution in [0.25, 0.3) is 0 Å². The summed E-state index contributed by atoms with van der Waals surface area (Å²) in [4.78, 5) is 54.3. The fraction of sp³-hybridized carbons (Fsp3) is 0.146. The number of halogens is 1. The number of alkyl halides is 1. The number of oxime groups is 1. The molecule has 1 unspecified atom stereocenters. The molecule has 2 aliphatic heterocycles. The van der Waals surface area contributed by atoms with Crippen LogP contribution in [0.1, 0.15) is 39.6 Å². The summed E-state index contributed by atoms with van der Waals surface area (Å²) < 4.78 is 6.75. The van der Waals surface area contributed by atoms with Gasteiger partial charge in [0.1, 0.15) is 35.0 Å². The van der Waals surface area contributed by atoms with Crippen molar-refractivity contribution in [3.05, 3.63) is 214 Å². The highest BCUT2D eigenvalue weighted by Crippen LogP contribution is 2.43. The largest absolute Gasteiger partial charge is 0.448 e.